The minimum atomic E-state index is -1.81. The average Bonchev–Trinajstić information content (AvgIpc) is 3.01. The molecule has 0 aliphatic heterocycles. The van der Waals surface area contributed by atoms with E-state index in [1.807, 2.05) is 0 Å². The molecule has 0 spiro atoms. The largest absolute Gasteiger partial charge is 0.432 e. The van der Waals surface area contributed by atoms with Crippen molar-refractivity contribution in [3.8, 4) is 0 Å². The Morgan fingerprint density at radius 2 is 0.581 bits per heavy atom. The van der Waals surface area contributed by atoms with Crippen LogP contribution in [-0.2, 0) is 26.2 Å². The molecule has 2 aliphatic carbocycles. The van der Waals surface area contributed by atoms with Gasteiger partial charge < -0.3 is 19.8 Å². The van der Waals surface area contributed by atoms with Crippen molar-refractivity contribution in [2.45, 2.75) is 231 Å². The van der Waals surface area contributed by atoms with E-state index in [0.717, 1.165) is 61.9 Å². The molecule has 0 radical (unpaired) electrons. The maximum Gasteiger partial charge on any atom is 0.188 e. The molecule has 0 aromatic rings. The van der Waals surface area contributed by atoms with Crippen LogP contribution in [0.4, 0.5) is 0 Å². The summed E-state index contributed by atoms with van der Waals surface area (Å²) in [5.41, 5.74) is 0. The zero-order valence-corrected chi connectivity index (χ0v) is 34.7. The van der Waals surface area contributed by atoms with Crippen LogP contribution < -0.4 is 0 Å². The Morgan fingerprint density at radius 3 is 0.698 bits per heavy atom. The molecular formula is C36H80O4Si2Zr. The van der Waals surface area contributed by atoms with E-state index in [1.54, 1.807) is 0 Å². The normalized spacial score (nSPS) is 16.0. The van der Waals surface area contributed by atoms with Crippen molar-refractivity contribution in [1.29, 1.82) is 0 Å². The van der Waals surface area contributed by atoms with E-state index < -0.39 is 16.6 Å². The van der Waals surface area contributed by atoms with Crippen molar-refractivity contribution in [3.63, 3.8) is 0 Å². The Balaban J connectivity index is -0.000000514. The van der Waals surface area contributed by atoms with Crippen LogP contribution in [0.15, 0.2) is 0 Å². The second-order valence-corrected chi connectivity index (χ2v) is 21.6. The Hall–Kier alpha value is 1.16. The summed E-state index contributed by atoms with van der Waals surface area (Å²) in [4.78, 5) is 21.1. The molecule has 4 N–H and O–H groups in total. The van der Waals surface area contributed by atoms with Crippen LogP contribution in [0, 0.1) is 0 Å². The fourth-order valence-electron chi connectivity index (χ4n) is 5.95. The third kappa shape index (κ3) is 32.9. The second-order valence-electron chi connectivity index (χ2n) is 13.7. The zero-order valence-electron chi connectivity index (χ0n) is 30.2. The fraction of sp³-hybridized carbons (Fsp3) is 1.00. The molecule has 2 rings (SSSR count). The molecule has 2 fully saturated rings. The van der Waals surface area contributed by atoms with Gasteiger partial charge in [0.2, 0.25) is 0 Å². The predicted octanol–water partition coefficient (Wildman–Crippen LogP) is 11.3. The van der Waals surface area contributed by atoms with Gasteiger partial charge in [0, 0.05) is 26.2 Å². The molecule has 43 heavy (non-hydrogen) atoms. The number of unbranched alkanes of at least 4 members (excludes halogenated alkanes) is 6. The van der Waals surface area contributed by atoms with Gasteiger partial charge in [-0.2, -0.15) is 0 Å². The first-order valence-electron chi connectivity index (χ1n) is 19.0. The van der Waals surface area contributed by atoms with Gasteiger partial charge in [-0.1, -0.05) is 157 Å². The standard InChI is InChI=1S/2C12H28OSi.2C6H12O.Zr/c2*1-4-7-10-14(13,11-8-5-2)12-9-6-3;2*7-6-4-2-1-3-5-6;/h2*13H,4-12H2,1-3H3;2*6-7H,1-5H2;. The quantitative estimate of drug-likeness (QED) is 0.106. The molecule has 0 aromatic heterocycles. The first kappa shape index (κ1) is 48.6. The summed E-state index contributed by atoms with van der Waals surface area (Å²) in [6.45, 7) is 13.3. The molecule has 0 unspecified atom stereocenters. The molecule has 0 aromatic carbocycles. The van der Waals surface area contributed by atoms with Crippen LogP contribution in [0.5, 0.6) is 0 Å². The Labute approximate surface area is 292 Å². The maximum absolute atomic E-state index is 10.5. The first-order chi connectivity index (χ1) is 20.2. The summed E-state index contributed by atoms with van der Waals surface area (Å²) >= 11 is 0. The summed E-state index contributed by atoms with van der Waals surface area (Å²) in [7, 11) is -3.62. The number of rotatable bonds is 18. The van der Waals surface area contributed by atoms with Crippen LogP contribution in [0.1, 0.15) is 183 Å². The fourth-order valence-corrected chi connectivity index (χ4v) is 13.5. The second kappa shape index (κ2) is 34.5. The van der Waals surface area contributed by atoms with Gasteiger partial charge in [-0.15, -0.1) is 0 Å². The van der Waals surface area contributed by atoms with Crippen molar-refractivity contribution in [3.05, 3.63) is 0 Å². The summed E-state index contributed by atoms with van der Waals surface area (Å²) in [5, 5.41) is 17.8. The third-order valence-corrected chi connectivity index (χ3v) is 16.8. The van der Waals surface area contributed by atoms with Crippen LogP contribution in [0.3, 0.4) is 0 Å². The summed E-state index contributed by atoms with van der Waals surface area (Å²) in [5.74, 6) is 0. The molecule has 0 saturated heterocycles. The van der Waals surface area contributed by atoms with Crippen LogP contribution >= 0.6 is 0 Å². The van der Waals surface area contributed by atoms with Crippen molar-refractivity contribution < 1.29 is 46.0 Å². The van der Waals surface area contributed by atoms with Crippen LogP contribution in [0.2, 0.25) is 36.3 Å². The third-order valence-electron chi connectivity index (χ3n) is 9.12. The van der Waals surface area contributed by atoms with E-state index in [9.17, 15) is 9.59 Å². The Bertz CT molecular complexity index is 440. The number of aliphatic hydroxyl groups excluding tert-OH is 2. The molecule has 4 nitrogen and oxygen atoms in total. The Kier molecular flexibility index (Phi) is 38.9. The summed E-state index contributed by atoms with van der Waals surface area (Å²) < 4.78 is 0. The van der Waals surface area contributed by atoms with Gasteiger partial charge in [0.15, 0.2) is 16.6 Å². The molecular weight excluding hydrogens is 644 g/mol. The molecule has 7 heteroatoms. The van der Waals surface area contributed by atoms with E-state index in [1.165, 1.54) is 116 Å². The van der Waals surface area contributed by atoms with Gasteiger partial charge in [-0.25, -0.2) is 0 Å². The molecule has 2 saturated carbocycles. The van der Waals surface area contributed by atoms with E-state index in [-0.39, 0.29) is 38.4 Å². The molecule has 260 valence electrons. The molecule has 2 aliphatic rings. The van der Waals surface area contributed by atoms with Gasteiger partial charge in [0.1, 0.15) is 0 Å². The first-order valence-corrected chi connectivity index (χ1v) is 24.1. The number of aliphatic hydroxyl groups is 2. The smallest absolute Gasteiger partial charge is 0.188 e. The molecule has 0 heterocycles. The van der Waals surface area contributed by atoms with Crippen molar-refractivity contribution >= 4 is 16.6 Å². The van der Waals surface area contributed by atoms with Crippen molar-refractivity contribution in [2.24, 2.45) is 0 Å². The topological polar surface area (TPSA) is 80.9 Å². The van der Waals surface area contributed by atoms with Gasteiger partial charge in [0.05, 0.1) is 12.2 Å². The van der Waals surface area contributed by atoms with Crippen LogP contribution in [0.25, 0.3) is 0 Å². The SMILES string of the molecule is CCCC[Si](O)(CCCC)CCCC.CCCC[Si](O)(CCCC)CCCC.OC1CCCCC1.OC1CCCCC1.[Zr]. The predicted molar refractivity (Wildman–Crippen MR) is 192 cm³/mol. The minimum absolute atomic E-state index is 0. The van der Waals surface area contributed by atoms with E-state index in [0.29, 0.717) is 0 Å². The van der Waals surface area contributed by atoms with Crippen LogP contribution in [-0.4, -0.2) is 48.6 Å². The van der Waals surface area contributed by atoms with Crippen molar-refractivity contribution in [2.75, 3.05) is 0 Å². The van der Waals surface area contributed by atoms with Gasteiger partial charge in [-0.3, -0.25) is 0 Å². The molecule has 0 bridgehead atoms. The van der Waals surface area contributed by atoms with Gasteiger partial charge in [-0.05, 0) is 61.9 Å². The number of hydrogen-bond donors (Lipinski definition) is 4. The summed E-state index contributed by atoms with van der Waals surface area (Å²) in [6.07, 6.45) is 26.6. The maximum atomic E-state index is 10.5. The van der Waals surface area contributed by atoms with Gasteiger partial charge in [0.25, 0.3) is 0 Å². The average molecular weight is 724 g/mol. The monoisotopic (exact) mass is 722 g/mol. The number of hydrogen-bond acceptors (Lipinski definition) is 4. The van der Waals surface area contributed by atoms with E-state index >= 15 is 0 Å². The zero-order chi connectivity index (χ0) is 32.0. The summed E-state index contributed by atoms with van der Waals surface area (Å²) in [6, 6.07) is 6.85. The van der Waals surface area contributed by atoms with Crippen molar-refractivity contribution in [1.82, 2.24) is 0 Å². The minimum Gasteiger partial charge on any atom is -0.432 e. The van der Waals surface area contributed by atoms with Gasteiger partial charge >= 0.3 is 0 Å². The Morgan fingerprint density at radius 1 is 0.395 bits per heavy atom. The molecule has 0 amide bonds. The van der Waals surface area contributed by atoms with E-state index in [2.05, 4.69) is 41.5 Å². The van der Waals surface area contributed by atoms with E-state index in [4.69, 9.17) is 10.2 Å². The molecule has 0 atom stereocenters.